The van der Waals surface area contributed by atoms with Gasteiger partial charge in [-0.05, 0) is 43.9 Å². The zero-order valence-electron chi connectivity index (χ0n) is 13.4. The van der Waals surface area contributed by atoms with Crippen LogP contribution in [0, 0.1) is 0 Å². The van der Waals surface area contributed by atoms with E-state index in [0.717, 1.165) is 30.6 Å². The molecule has 0 aliphatic rings. The summed E-state index contributed by atoms with van der Waals surface area (Å²) in [6, 6.07) is 7.88. The molecular weight excluding hydrogens is 266 g/mol. The Balaban J connectivity index is 2.27. The Morgan fingerprint density at radius 3 is 2.62 bits per heavy atom. The lowest BCUT2D eigenvalue weighted by atomic mass is 9.95. The van der Waals surface area contributed by atoms with Gasteiger partial charge >= 0.3 is 0 Å². The first-order valence-electron chi connectivity index (χ1n) is 7.70. The molecule has 0 heterocycles. The van der Waals surface area contributed by atoms with Crippen LogP contribution in [-0.2, 0) is 6.61 Å². The van der Waals surface area contributed by atoms with E-state index < -0.39 is 0 Å². The van der Waals surface area contributed by atoms with Crippen molar-refractivity contribution < 1.29 is 14.9 Å². The second-order valence-corrected chi connectivity index (χ2v) is 6.13. The Hall–Kier alpha value is -1.10. The number of aliphatic hydroxyl groups excluding tert-OH is 2. The summed E-state index contributed by atoms with van der Waals surface area (Å²) in [5.41, 5.74) is 0.645. The van der Waals surface area contributed by atoms with Crippen molar-refractivity contribution in [2.75, 3.05) is 13.2 Å². The molecule has 1 atom stereocenters. The van der Waals surface area contributed by atoms with Crippen molar-refractivity contribution >= 4 is 0 Å². The van der Waals surface area contributed by atoms with Gasteiger partial charge < -0.3 is 20.3 Å². The molecule has 0 spiro atoms. The average molecular weight is 295 g/mol. The number of hydrogen-bond acceptors (Lipinski definition) is 4. The van der Waals surface area contributed by atoms with Gasteiger partial charge in [0.05, 0.1) is 19.8 Å². The van der Waals surface area contributed by atoms with Crippen molar-refractivity contribution in [1.82, 2.24) is 5.32 Å². The summed E-state index contributed by atoms with van der Waals surface area (Å²) in [5, 5.41) is 22.0. The lowest BCUT2D eigenvalue weighted by Gasteiger charge is -2.31. The van der Waals surface area contributed by atoms with E-state index in [0.29, 0.717) is 12.6 Å². The summed E-state index contributed by atoms with van der Waals surface area (Å²) in [4.78, 5) is 0. The summed E-state index contributed by atoms with van der Waals surface area (Å²) in [7, 11) is 0. The molecule has 120 valence electrons. The Bertz CT molecular complexity index is 409. The quantitative estimate of drug-likeness (QED) is 0.580. The average Bonchev–Trinajstić information content (AvgIpc) is 2.46. The molecule has 0 radical (unpaired) electrons. The first-order valence-corrected chi connectivity index (χ1v) is 7.70. The SMILES string of the molecule is CC(C)NC(C)(CO)CCCCOc1cccc(CO)c1. The minimum absolute atomic E-state index is 0.0346. The Labute approximate surface area is 128 Å². The van der Waals surface area contributed by atoms with Crippen molar-refractivity contribution in [2.45, 2.75) is 58.2 Å². The highest BCUT2D eigenvalue weighted by Gasteiger charge is 2.22. The van der Waals surface area contributed by atoms with Crippen LogP contribution in [0.5, 0.6) is 5.75 Å². The van der Waals surface area contributed by atoms with Crippen LogP contribution in [0.15, 0.2) is 24.3 Å². The normalized spacial score (nSPS) is 14.2. The van der Waals surface area contributed by atoms with Gasteiger partial charge in [0.1, 0.15) is 5.75 Å². The number of aliphatic hydroxyl groups is 2. The molecule has 1 aromatic rings. The van der Waals surface area contributed by atoms with E-state index >= 15 is 0 Å². The van der Waals surface area contributed by atoms with E-state index in [1.54, 1.807) is 0 Å². The molecule has 0 amide bonds. The molecule has 0 saturated carbocycles. The van der Waals surface area contributed by atoms with Crippen LogP contribution in [0.2, 0.25) is 0 Å². The topological polar surface area (TPSA) is 61.7 Å². The van der Waals surface area contributed by atoms with Gasteiger partial charge in [0.2, 0.25) is 0 Å². The van der Waals surface area contributed by atoms with E-state index in [1.807, 2.05) is 24.3 Å². The zero-order valence-corrected chi connectivity index (χ0v) is 13.4. The molecule has 4 heteroatoms. The molecule has 0 aromatic heterocycles. The third kappa shape index (κ3) is 6.93. The molecule has 0 aliphatic heterocycles. The van der Waals surface area contributed by atoms with E-state index in [2.05, 4.69) is 26.1 Å². The maximum absolute atomic E-state index is 9.51. The lowest BCUT2D eigenvalue weighted by molar-refractivity contribution is 0.152. The second-order valence-electron chi connectivity index (χ2n) is 6.13. The Kier molecular flexibility index (Phi) is 7.72. The minimum atomic E-state index is -0.217. The van der Waals surface area contributed by atoms with Gasteiger partial charge in [-0.15, -0.1) is 0 Å². The third-order valence-corrected chi connectivity index (χ3v) is 3.46. The van der Waals surface area contributed by atoms with Crippen LogP contribution in [0.4, 0.5) is 0 Å². The number of benzene rings is 1. The van der Waals surface area contributed by atoms with E-state index in [4.69, 9.17) is 9.84 Å². The zero-order chi connectivity index (χ0) is 15.7. The predicted octanol–water partition coefficient (Wildman–Crippen LogP) is 2.48. The second kappa shape index (κ2) is 9.03. The summed E-state index contributed by atoms with van der Waals surface area (Å²) < 4.78 is 5.68. The molecular formula is C17H29NO3. The monoisotopic (exact) mass is 295 g/mol. The van der Waals surface area contributed by atoms with Gasteiger partial charge in [-0.2, -0.15) is 0 Å². The molecule has 0 saturated heterocycles. The molecule has 0 aliphatic carbocycles. The van der Waals surface area contributed by atoms with E-state index in [9.17, 15) is 5.11 Å². The maximum atomic E-state index is 9.51. The molecule has 3 N–H and O–H groups in total. The fourth-order valence-corrected chi connectivity index (χ4v) is 2.43. The number of hydrogen-bond donors (Lipinski definition) is 3. The van der Waals surface area contributed by atoms with E-state index in [1.165, 1.54) is 0 Å². The standard InChI is InChI=1S/C17H29NO3/c1-14(2)18-17(3,13-20)9-4-5-10-21-16-8-6-7-15(11-16)12-19/h6-8,11,14,18-20H,4-5,9-10,12-13H2,1-3H3. The summed E-state index contributed by atoms with van der Waals surface area (Å²) in [6.45, 7) is 7.06. The molecule has 21 heavy (non-hydrogen) atoms. The van der Waals surface area contributed by atoms with Crippen molar-refractivity contribution in [3.8, 4) is 5.75 Å². The van der Waals surface area contributed by atoms with Crippen molar-refractivity contribution in [2.24, 2.45) is 0 Å². The van der Waals surface area contributed by atoms with Crippen LogP contribution in [-0.4, -0.2) is 35.0 Å². The summed E-state index contributed by atoms with van der Waals surface area (Å²) >= 11 is 0. The van der Waals surface area contributed by atoms with Crippen molar-refractivity contribution in [1.29, 1.82) is 0 Å². The first kappa shape index (κ1) is 18.0. The smallest absolute Gasteiger partial charge is 0.119 e. The largest absolute Gasteiger partial charge is 0.494 e. The van der Waals surface area contributed by atoms with Crippen molar-refractivity contribution in [3.63, 3.8) is 0 Å². The van der Waals surface area contributed by atoms with Crippen molar-refractivity contribution in [3.05, 3.63) is 29.8 Å². The fourth-order valence-electron chi connectivity index (χ4n) is 2.43. The maximum Gasteiger partial charge on any atom is 0.119 e. The number of nitrogens with one attached hydrogen (secondary N) is 1. The molecule has 0 fully saturated rings. The third-order valence-electron chi connectivity index (χ3n) is 3.46. The highest BCUT2D eigenvalue weighted by atomic mass is 16.5. The minimum Gasteiger partial charge on any atom is -0.494 e. The van der Waals surface area contributed by atoms with Gasteiger partial charge in [-0.25, -0.2) is 0 Å². The number of unbranched alkanes of at least 4 members (excludes halogenated alkanes) is 1. The van der Waals surface area contributed by atoms with Crippen LogP contribution >= 0.6 is 0 Å². The van der Waals surface area contributed by atoms with Crippen LogP contribution in [0.25, 0.3) is 0 Å². The van der Waals surface area contributed by atoms with Crippen LogP contribution < -0.4 is 10.1 Å². The predicted molar refractivity (Wildman–Crippen MR) is 85.5 cm³/mol. The highest BCUT2D eigenvalue weighted by Crippen LogP contribution is 2.16. The molecule has 1 rings (SSSR count). The van der Waals surface area contributed by atoms with Gasteiger partial charge in [0.15, 0.2) is 0 Å². The van der Waals surface area contributed by atoms with Gasteiger partial charge in [0.25, 0.3) is 0 Å². The first-order chi connectivity index (χ1) is 9.99. The van der Waals surface area contributed by atoms with Gasteiger partial charge in [-0.1, -0.05) is 26.0 Å². The molecule has 1 unspecified atom stereocenters. The fraction of sp³-hybridized carbons (Fsp3) is 0.647. The number of ether oxygens (including phenoxy) is 1. The number of rotatable bonds is 10. The molecule has 0 bridgehead atoms. The van der Waals surface area contributed by atoms with Crippen LogP contribution in [0.3, 0.4) is 0 Å². The Morgan fingerprint density at radius 2 is 2.00 bits per heavy atom. The Morgan fingerprint density at radius 1 is 1.24 bits per heavy atom. The molecule has 1 aromatic carbocycles. The summed E-state index contributed by atoms with van der Waals surface area (Å²) in [5.74, 6) is 0.798. The highest BCUT2D eigenvalue weighted by molar-refractivity contribution is 5.27. The van der Waals surface area contributed by atoms with Crippen LogP contribution in [0.1, 0.15) is 45.6 Å². The lowest BCUT2D eigenvalue weighted by Crippen LogP contribution is -2.49. The van der Waals surface area contributed by atoms with Gasteiger partial charge in [-0.3, -0.25) is 0 Å². The van der Waals surface area contributed by atoms with Gasteiger partial charge in [0, 0.05) is 11.6 Å². The van der Waals surface area contributed by atoms with E-state index in [-0.39, 0.29) is 18.8 Å². The molecule has 4 nitrogen and oxygen atoms in total. The summed E-state index contributed by atoms with van der Waals surface area (Å²) in [6.07, 6.45) is 2.86.